The molecule has 0 bridgehead atoms. The quantitative estimate of drug-likeness (QED) is 0.628. The summed E-state index contributed by atoms with van der Waals surface area (Å²) in [7, 11) is 1.60. The summed E-state index contributed by atoms with van der Waals surface area (Å²) in [6, 6.07) is 6.98. The lowest BCUT2D eigenvalue weighted by molar-refractivity contribution is 0.100. The molecule has 3 rings (SSSR count). The minimum Gasteiger partial charge on any atom is -0.497 e. The third-order valence-electron chi connectivity index (χ3n) is 4.01. The molecule has 27 heavy (non-hydrogen) atoms. The Bertz CT molecular complexity index is 929. The van der Waals surface area contributed by atoms with Crippen LogP contribution in [-0.2, 0) is 0 Å². The second kappa shape index (κ2) is 7.94. The van der Waals surface area contributed by atoms with E-state index in [4.69, 9.17) is 19.7 Å². The Balaban J connectivity index is 1.88. The molecule has 8 nitrogen and oxygen atoms in total. The van der Waals surface area contributed by atoms with Crippen molar-refractivity contribution in [2.45, 2.75) is 20.3 Å². The van der Waals surface area contributed by atoms with Gasteiger partial charge in [0.1, 0.15) is 11.5 Å². The van der Waals surface area contributed by atoms with E-state index in [9.17, 15) is 4.79 Å². The minimum atomic E-state index is -0.530. The first kappa shape index (κ1) is 18.5. The van der Waals surface area contributed by atoms with Crippen LogP contribution in [0.15, 0.2) is 35.0 Å². The van der Waals surface area contributed by atoms with Crippen LogP contribution in [0.2, 0.25) is 0 Å². The summed E-state index contributed by atoms with van der Waals surface area (Å²) in [6.45, 7) is 4.84. The number of hydrogen-bond acceptors (Lipinski definition) is 6. The summed E-state index contributed by atoms with van der Waals surface area (Å²) < 4.78 is 16.6. The molecular weight excluding hydrogens is 348 g/mol. The van der Waals surface area contributed by atoms with Gasteiger partial charge >= 0.3 is 0 Å². The van der Waals surface area contributed by atoms with Crippen molar-refractivity contribution >= 4 is 5.91 Å². The molecule has 142 valence electrons. The second-order valence-electron chi connectivity index (χ2n) is 6.48. The molecule has 3 aromatic rings. The van der Waals surface area contributed by atoms with E-state index >= 15 is 0 Å². The standard InChI is InChI=1S/C19H22N4O4/c1-11(2)6-7-26-16-9-13(25-3)4-5-14(16)19-22-18(23-27-19)15-8-12(10-21-15)17(20)24/h4-5,8-11,21H,6-7H2,1-3H3,(H2,20,24). The molecule has 0 aliphatic rings. The number of ether oxygens (including phenoxy) is 2. The van der Waals surface area contributed by atoms with E-state index in [2.05, 4.69) is 29.0 Å². The monoisotopic (exact) mass is 370 g/mol. The predicted octanol–water partition coefficient (Wildman–Crippen LogP) is 3.26. The Labute approximate surface area is 156 Å². The maximum atomic E-state index is 11.2. The van der Waals surface area contributed by atoms with Crippen molar-refractivity contribution in [3.8, 4) is 34.5 Å². The number of H-pyrrole nitrogens is 1. The van der Waals surface area contributed by atoms with Gasteiger partial charge in [0.2, 0.25) is 11.7 Å². The van der Waals surface area contributed by atoms with E-state index in [1.165, 1.54) is 6.20 Å². The van der Waals surface area contributed by atoms with Gasteiger partial charge in [0, 0.05) is 12.3 Å². The van der Waals surface area contributed by atoms with Gasteiger partial charge in [-0.05, 0) is 30.5 Å². The van der Waals surface area contributed by atoms with Crippen molar-refractivity contribution in [1.82, 2.24) is 15.1 Å². The average molecular weight is 370 g/mol. The highest BCUT2D eigenvalue weighted by atomic mass is 16.5. The topological polar surface area (TPSA) is 116 Å². The summed E-state index contributed by atoms with van der Waals surface area (Å²) in [5.74, 6) is 1.91. The van der Waals surface area contributed by atoms with Crippen LogP contribution >= 0.6 is 0 Å². The Kier molecular flexibility index (Phi) is 5.44. The third kappa shape index (κ3) is 4.28. The molecular formula is C19H22N4O4. The molecule has 0 unspecified atom stereocenters. The van der Waals surface area contributed by atoms with Gasteiger partial charge in [-0.3, -0.25) is 4.79 Å². The molecule has 1 aromatic carbocycles. The minimum absolute atomic E-state index is 0.308. The lowest BCUT2D eigenvalue weighted by atomic mass is 10.1. The molecule has 0 saturated carbocycles. The van der Waals surface area contributed by atoms with Crippen LogP contribution in [0, 0.1) is 5.92 Å². The fraction of sp³-hybridized carbons (Fsp3) is 0.316. The van der Waals surface area contributed by atoms with E-state index in [1.807, 2.05) is 6.07 Å². The normalized spacial score (nSPS) is 11.0. The van der Waals surface area contributed by atoms with Crippen molar-refractivity contribution in [3.05, 3.63) is 36.0 Å². The number of carbonyl (C=O) groups is 1. The summed E-state index contributed by atoms with van der Waals surface area (Å²) in [4.78, 5) is 18.5. The molecule has 2 aromatic heterocycles. The fourth-order valence-electron chi connectivity index (χ4n) is 2.44. The largest absolute Gasteiger partial charge is 0.497 e. The molecule has 0 aliphatic carbocycles. The zero-order chi connectivity index (χ0) is 19.4. The van der Waals surface area contributed by atoms with Gasteiger partial charge in [0.05, 0.1) is 30.5 Å². The number of methoxy groups -OCH3 is 1. The highest BCUT2D eigenvalue weighted by molar-refractivity contribution is 5.93. The highest BCUT2D eigenvalue weighted by Crippen LogP contribution is 2.33. The van der Waals surface area contributed by atoms with E-state index in [-0.39, 0.29) is 0 Å². The van der Waals surface area contributed by atoms with Gasteiger partial charge in [0.25, 0.3) is 5.89 Å². The van der Waals surface area contributed by atoms with E-state index in [1.54, 1.807) is 25.3 Å². The highest BCUT2D eigenvalue weighted by Gasteiger charge is 2.17. The summed E-state index contributed by atoms with van der Waals surface area (Å²) in [5, 5.41) is 3.97. The zero-order valence-electron chi connectivity index (χ0n) is 15.5. The Morgan fingerprint density at radius 2 is 2.15 bits per heavy atom. The van der Waals surface area contributed by atoms with Gasteiger partial charge < -0.3 is 24.7 Å². The number of nitrogens with one attached hydrogen (secondary N) is 1. The number of carbonyl (C=O) groups excluding carboxylic acids is 1. The Morgan fingerprint density at radius 3 is 2.81 bits per heavy atom. The van der Waals surface area contributed by atoms with Crippen LogP contribution in [0.4, 0.5) is 0 Å². The van der Waals surface area contributed by atoms with Crippen molar-refractivity contribution in [1.29, 1.82) is 0 Å². The van der Waals surface area contributed by atoms with Crippen LogP contribution in [-0.4, -0.2) is 34.7 Å². The number of rotatable bonds is 8. The number of nitrogens with two attached hydrogens (primary N) is 1. The Morgan fingerprint density at radius 1 is 1.33 bits per heavy atom. The van der Waals surface area contributed by atoms with Crippen LogP contribution < -0.4 is 15.2 Å². The lowest BCUT2D eigenvalue weighted by Crippen LogP contribution is -2.09. The van der Waals surface area contributed by atoms with Crippen LogP contribution in [0.5, 0.6) is 11.5 Å². The summed E-state index contributed by atoms with van der Waals surface area (Å²) in [6.07, 6.45) is 2.42. The van der Waals surface area contributed by atoms with Gasteiger partial charge in [-0.25, -0.2) is 0 Å². The van der Waals surface area contributed by atoms with Gasteiger partial charge in [-0.15, -0.1) is 0 Å². The smallest absolute Gasteiger partial charge is 0.262 e. The number of amides is 1. The van der Waals surface area contributed by atoms with Crippen molar-refractivity contribution < 1.29 is 18.8 Å². The molecule has 3 N–H and O–H groups in total. The number of benzene rings is 1. The predicted molar refractivity (Wildman–Crippen MR) is 99.5 cm³/mol. The van der Waals surface area contributed by atoms with Crippen LogP contribution in [0.3, 0.4) is 0 Å². The second-order valence-corrected chi connectivity index (χ2v) is 6.48. The van der Waals surface area contributed by atoms with Crippen molar-refractivity contribution in [2.75, 3.05) is 13.7 Å². The molecule has 1 amide bonds. The van der Waals surface area contributed by atoms with Crippen LogP contribution in [0.25, 0.3) is 23.0 Å². The van der Waals surface area contributed by atoms with Gasteiger partial charge in [0.15, 0.2) is 0 Å². The molecule has 8 heteroatoms. The summed E-state index contributed by atoms with van der Waals surface area (Å²) >= 11 is 0. The van der Waals surface area contributed by atoms with Gasteiger partial charge in [-0.2, -0.15) is 4.98 Å². The maximum Gasteiger partial charge on any atom is 0.262 e. The first-order valence-corrected chi connectivity index (χ1v) is 8.61. The number of hydrogen-bond donors (Lipinski definition) is 2. The van der Waals surface area contributed by atoms with Crippen LogP contribution in [0.1, 0.15) is 30.6 Å². The SMILES string of the molecule is COc1ccc(-c2nc(-c3cc(C(N)=O)c[nH]3)no2)c(OCCC(C)C)c1. The summed E-state index contributed by atoms with van der Waals surface area (Å²) in [5.41, 5.74) is 6.81. The Hall–Kier alpha value is -3.29. The zero-order valence-corrected chi connectivity index (χ0v) is 15.5. The van der Waals surface area contributed by atoms with Gasteiger partial charge in [-0.1, -0.05) is 19.0 Å². The van der Waals surface area contributed by atoms with Crippen molar-refractivity contribution in [3.63, 3.8) is 0 Å². The fourth-order valence-corrected chi connectivity index (χ4v) is 2.44. The molecule has 2 heterocycles. The molecule has 0 saturated heterocycles. The van der Waals surface area contributed by atoms with E-state index in [0.29, 0.717) is 52.6 Å². The first-order chi connectivity index (χ1) is 13.0. The molecule has 0 spiro atoms. The average Bonchev–Trinajstić information content (AvgIpc) is 3.30. The third-order valence-corrected chi connectivity index (χ3v) is 4.01. The maximum absolute atomic E-state index is 11.2. The molecule has 0 aliphatic heterocycles. The molecule has 0 fully saturated rings. The van der Waals surface area contributed by atoms with Crippen molar-refractivity contribution in [2.24, 2.45) is 11.7 Å². The lowest BCUT2D eigenvalue weighted by Gasteiger charge is -2.12. The number of aromatic amines is 1. The number of primary amides is 1. The number of aromatic nitrogens is 3. The molecule has 0 atom stereocenters. The molecule has 0 radical (unpaired) electrons. The van der Waals surface area contributed by atoms with E-state index < -0.39 is 5.91 Å². The number of nitrogens with zero attached hydrogens (tertiary/aromatic N) is 2. The first-order valence-electron chi connectivity index (χ1n) is 8.61. The van der Waals surface area contributed by atoms with E-state index in [0.717, 1.165) is 6.42 Å².